The molecule has 0 spiro atoms. The first-order valence-corrected chi connectivity index (χ1v) is 8.89. The zero-order chi connectivity index (χ0) is 17.0. The number of anilines is 1. The fourth-order valence-corrected chi connectivity index (χ4v) is 4.34. The number of amides is 2. The molecule has 0 N–H and O–H groups in total. The second kappa shape index (κ2) is 5.32. The summed E-state index contributed by atoms with van der Waals surface area (Å²) in [7, 11) is 0. The van der Waals surface area contributed by atoms with Gasteiger partial charge in [-0.05, 0) is 24.3 Å². The maximum atomic E-state index is 12.7. The van der Waals surface area contributed by atoms with Crippen molar-refractivity contribution >= 4 is 40.1 Å². The van der Waals surface area contributed by atoms with Crippen LogP contribution < -0.4 is 4.90 Å². The minimum absolute atomic E-state index is 0.268. The molecule has 0 saturated carbocycles. The van der Waals surface area contributed by atoms with Gasteiger partial charge in [0.05, 0.1) is 29.1 Å². The highest BCUT2D eigenvalue weighted by Crippen LogP contribution is 2.37. The zero-order valence-corrected chi connectivity index (χ0v) is 14.0. The summed E-state index contributed by atoms with van der Waals surface area (Å²) in [4.78, 5) is 33.3. The van der Waals surface area contributed by atoms with Gasteiger partial charge in [-0.25, -0.2) is 4.90 Å². The van der Waals surface area contributed by atoms with Crippen LogP contribution in [0.1, 0.15) is 26.3 Å². The Hall–Kier alpha value is -2.86. The first-order chi connectivity index (χ1) is 12.2. The van der Waals surface area contributed by atoms with Crippen molar-refractivity contribution in [3.05, 3.63) is 70.6 Å². The van der Waals surface area contributed by atoms with Gasteiger partial charge in [-0.3, -0.25) is 14.6 Å². The van der Waals surface area contributed by atoms with Gasteiger partial charge in [-0.2, -0.15) is 0 Å². The third kappa shape index (κ3) is 2.07. The highest BCUT2D eigenvalue weighted by Gasteiger charge is 2.36. The summed E-state index contributed by atoms with van der Waals surface area (Å²) in [5.74, 6) is -0.535. The monoisotopic (exact) mass is 347 g/mol. The number of hydrogen-bond acceptors (Lipinski definition) is 5. The van der Waals surface area contributed by atoms with Crippen molar-refractivity contribution in [2.45, 2.75) is 0 Å². The summed E-state index contributed by atoms with van der Waals surface area (Å²) < 4.78 is 0. The number of nitrogens with zero attached hydrogens (tertiary/aromatic N) is 3. The van der Waals surface area contributed by atoms with Crippen LogP contribution in [0.2, 0.25) is 0 Å². The predicted octanol–water partition coefficient (Wildman–Crippen LogP) is 3.20. The van der Waals surface area contributed by atoms with Crippen molar-refractivity contribution in [3.63, 3.8) is 0 Å². The van der Waals surface area contributed by atoms with E-state index in [0.717, 1.165) is 29.5 Å². The number of carbonyl (C=O) groups is 2. The lowest BCUT2D eigenvalue weighted by Crippen LogP contribution is -2.29. The lowest BCUT2D eigenvalue weighted by atomic mass is 10.1. The molecule has 3 aliphatic heterocycles. The Kier molecular flexibility index (Phi) is 3.08. The molecule has 0 atom stereocenters. The summed E-state index contributed by atoms with van der Waals surface area (Å²) in [6.45, 7) is 1.67. The summed E-state index contributed by atoms with van der Waals surface area (Å²) in [5.41, 5.74) is 3.57. The maximum absolute atomic E-state index is 12.7. The topological polar surface area (TPSA) is 53.0 Å². The lowest BCUT2D eigenvalue weighted by molar-refractivity contribution is 0.0926. The molecule has 5 nitrogen and oxygen atoms in total. The summed E-state index contributed by atoms with van der Waals surface area (Å²) >= 11 is 1.61. The smallest absolute Gasteiger partial charge is 0.266 e. The van der Waals surface area contributed by atoms with Gasteiger partial charge < -0.3 is 4.90 Å². The van der Waals surface area contributed by atoms with Crippen LogP contribution in [-0.4, -0.2) is 35.0 Å². The molecular formula is C19H13N3O2S. The fourth-order valence-electron chi connectivity index (χ4n) is 3.38. The molecule has 2 aromatic rings. The number of amidine groups is 1. The van der Waals surface area contributed by atoms with Crippen LogP contribution >= 0.6 is 11.8 Å². The highest BCUT2D eigenvalue weighted by molar-refractivity contribution is 8.16. The minimum atomic E-state index is -0.268. The van der Waals surface area contributed by atoms with Gasteiger partial charge in [-0.1, -0.05) is 36.0 Å². The molecule has 25 heavy (non-hydrogen) atoms. The van der Waals surface area contributed by atoms with Gasteiger partial charge in [0.2, 0.25) is 0 Å². The molecule has 2 amide bonds. The van der Waals surface area contributed by atoms with E-state index in [9.17, 15) is 9.59 Å². The number of aliphatic imine (C=N–C) groups is 1. The first-order valence-electron chi connectivity index (χ1n) is 8.01. The Morgan fingerprint density at radius 3 is 2.48 bits per heavy atom. The van der Waals surface area contributed by atoms with Crippen molar-refractivity contribution < 1.29 is 9.59 Å². The zero-order valence-electron chi connectivity index (χ0n) is 13.2. The summed E-state index contributed by atoms with van der Waals surface area (Å²) in [6.07, 6.45) is 0. The van der Waals surface area contributed by atoms with Gasteiger partial charge in [0.25, 0.3) is 11.8 Å². The molecule has 3 aliphatic rings. The number of thioether (sulfide) groups is 1. The molecule has 0 bridgehead atoms. The van der Waals surface area contributed by atoms with Gasteiger partial charge in [0.1, 0.15) is 0 Å². The van der Waals surface area contributed by atoms with E-state index in [0.29, 0.717) is 16.8 Å². The van der Waals surface area contributed by atoms with E-state index in [1.807, 2.05) is 18.2 Å². The molecule has 2 aromatic carbocycles. The Bertz CT molecular complexity index is 961. The maximum Gasteiger partial charge on any atom is 0.266 e. The molecule has 122 valence electrons. The largest absolute Gasteiger partial charge is 0.318 e. The Morgan fingerprint density at radius 1 is 0.960 bits per heavy atom. The molecule has 0 fully saturated rings. The number of imide groups is 1. The third-order valence-electron chi connectivity index (χ3n) is 4.56. The van der Waals surface area contributed by atoms with Crippen molar-refractivity contribution in [2.24, 2.45) is 4.99 Å². The normalized spacial score (nSPS) is 18.4. The molecule has 0 aromatic heterocycles. The molecule has 0 aliphatic carbocycles. The standard InChI is InChI=1S/C19H13N3O2S/c23-17-14-6-1-2-7-15(14)18(24)22(17)13-5-3-4-12(10-13)16-11-25-19-20-8-9-21(16)19/h1-7,10-11H,8-9H2. The molecule has 0 saturated heterocycles. The predicted molar refractivity (Wildman–Crippen MR) is 98.6 cm³/mol. The average Bonchev–Trinajstić information content (AvgIpc) is 3.30. The third-order valence-corrected chi connectivity index (χ3v) is 5.46. The molecule has 3 heterocycles. The number of hydrogen-bond donors (Lipinski definition) is 0. The van der Waals surface area contributed by atoms with Crippen molar-refractivity contribution in [2.75, 3.05) is 18.0 Å². The summed E-state index contributed by atoms with van der Waals surface area (Å²) in [5, 5.41) is 3.08. The molecule has 6 heteroatoms. The Morgan fingerprint density at radius 2 is 1.72 bits per heavy atom. The second-order valence-corrected chi connectivity index (χ2v) is 6.82. The SMILES string of the molecule is O=C1c2ccccc2C(=O)N1c1cccc(C2=CSC3=NCCN23)c1. The number of carbonyl (C=O) groups excluding carboxylic acids is 2. The Balaban J connectivity index is 1.54. The lowest BCUT2D eigenvalue weighted by Gasteiger charge is -2.19. The first kappa shape index (κ1) is 14.5. The van der Waals surface area contributed by atoms with E-state index in [4.69, 9.17) is 0 Å². The van der Waals surface area contributed by atoms with Crippen molar-refractivity contribution in [1.82, 2.24) is 4.90 Å². The van der Waals surface area contributed by atoms with Crippen LogP contribution in [0, 0.1) is 0 Å². The molecule has 0 unspecified atom stereocenters. The quantitative estimate of drug-likeness (QED) is 0.783. The second-order valence-electron chi connectivity index (χ2n) is 5.98. The van der Waals surface area contributed by atoms with E-state index in [2.05, 4.69) is 15.3 Å². The van der Waals surface area contributed by atoms with Crippen molar-refractivity contribution in [3.8, 4) is 0 Å². The fraction of sp³-hybridized carbons (Fsp3) is 0.105. The average molecular weight is 347 g/mol. The van der Waals surface area contributed by atoms with Crippen LogP contribution in [0.3, 0.4) is 0 Å². The molecule has 5 rings (SSSR count). The van der Waals surface area contributed by atoms with Crippen LogP contribution in [0.5, 0.6) is 0 Å². The number of fused-ring (bicyclic) bond motifs is 2. The van der Waals surface area contributed by atoms with E-state index in [1.165, 1.54) is 4.90 Å². The van der Waals surface area contributed by atoms with Gasteiger partial charge in [0.15, 0.2) is 5.17 Å². The number of rotatable bonds is 2. The highest BCUT2D eigenvalue weighted by atomic mass is 32.2. The Labute approximate surface area is 148 Å². The molecular weight excluding hydrogens is 334 g/mol. The van der Waals surface area contributed by atoms with Crippen molar-refractivity contribution in [1.29, 1.82) is 0 Å². The van der Waals surface area contributed by atoms with Crippen LogP contribution in [-0.2, 0) is 0 Å². The van der Waals surface area contributed by atoms with E-state index < -0.39 is 0 Å². The van der Waals surface area contributed by atoms with Gasteiger partial charge >= 0.3 is 0 Å². The number of benzene rings is 2. The van der Waals surface area contributed by atoms with Crippen LogP contribution in [0.15, 0.2) is 58.9 Å². The van der Waals surface area contributed by atoms with Crippen LogP contribution in [0.25, 0.3) is 5.70 Å². The van der Waals surface area contributed by atoms with Crippen LogP contribution in [0.4, 0.5) is 5.69 Å². The van der Waals surface area contributed by atoms with E-state index >= 15 is 0 Å². The van der Waals surface area contributed by atoms with Gasteiger partial charge in [0, 0.05) is 17.5 Å². The molecule has 0 radical (unpaired) electrons. The van der Waals surface area contributed by atoms with Gasteiger partial charge in [-0.15, -0.1) is 0 Å². The van der Waals surface area contributed by atoms with E-state index in [-0.39, 0.29) is 11.8 Å². The minimum Gasteiger partial charge on any atom is -0.318 e. The summed E-state index contributed by atoms with van der Waals surface area (Å²) in [6, 6.07) is 14.5. The van der Waals surface area contributed by atoms with E-state index in [1.54, 1.807) is 42.1 Å².